The first-order valence-electron chi connectivity index (χ1n) is 10.9. The minimum absolute atomic E-state index is 0.122. The van der Waals surface area contributed by atoms with Crippen molar-refractivity contribution in [2.75, 3.05) is 44.4 Å². The molecule has 174 valence electrons. The molecule has 0 saturated heterocycles. The molecule has 0 spiro atoms. The van der Waals surface area contributed by atoms with Gasteiger partial charge in [-0.3, -0.25) is 0 Å². The van der Waals surface area contributed by atoms with Gasteiger partial charge in [-0.05, 0) is 47.5 Å². The van der Waals surface area contributed by atoms with E-state index >= 15 is 0 Å². The van der Waals surface area contributed by atoms with Gasteiger partial charge in [0, 0.05) is 32.2 Å². The first-order valence-corrected chi connectivity index (χ1v) is 11.4. The molecule has 0 aliphatic carbocycles. The molecule has 6 nitrogen and oxygen atoms in total. The number of rotatable bonds is 9. The van der Waals surface area contributed by atoms with E-state index in [0.29, 0.717) is 31.4 Å². The van der Waals surface area contributed by atoms with Crippen molar-refractivity contribution in [3.63, 3.8) is 0 Å². The van der Waals surface area contributed by atoms with E-state index in [-0.39, 0.29) is 18.5 Å². The zero-order valence-corrected chi connectivity index (χ0v) is 19.3. The number of phenolic OH excluding ortho intramolecular Hbond substituents is 1. The summed E-state index contributed by atoms with van der Waals surface area (Å²) < 4.78 is 22.6. The monoisotopic (exact) mass is 469 g/mol. The lowest BCUT2D eigenvalue weighted by Crippen LogP contribution is -2.28. The summed E-state index contributed by atoms with van der Waals surface area (Å²) in [4.78, 5) is 2.31. The van der Waals surface area contributed by atoms with Crippen LogP contribution in [0.2, 0.25) is 0 Å². The van der Waals surface area contributed by atoms with Crippen LogP contribution < -0.4 is 19.1 Å². The molecule has 0 saturated carbocycles. The van der Waals surface area contributed by atoms with Crippen LogP contribution in [0.1, 0.15) is 17.0 Å². The van der Waals surface area contributed by atoms with Crippen molar-refractivity contribution in [3.8, 4) is 23.0 Å². The standard InChI is InChI=1S/C26H28ClNO5/c1-30-18-33-24-9-10-25-26(14-24)32-17-21(20-5-7-22(29)8-6-20)16-28(25)15-19-3-2-4-23(13-19)31-12-11-27/h2-10,13-14,21,29H,11-12,15-18H2,1H3. The van der Waals surface area contributed by atoms with E-state index in [1.807, 2.05) is 48.5 Å². The molecule has 1 aliphatic rings. The molecule has 1 unspecified atom stereocenters. The van der Waals surface area contributed by atoms with Crippen LogP contribution in [0.4, 0.5) is 5.69 Å². The average molecular weight is 470 g/mol. The van der Waals surface area contributed by atoms with Gasteiger partial charge >= 0.3 is 0 Å². The molecule has 0 aromatic heterocycles. The van der Waals surface area contributed by atoms with Crippen LogP contribution >= 0.6 is 11.6 Å². The largest absolute Gasteiger partial charge is 0.508 e. The zero-order valence-electron chi connectivity index (χ0n) is 18.6. The predicted molar refractivity (Wildman–Crippen MR) is 129 cm³/mol. The van der Waals surface area contributed by atoms with Gasteiger partial charge in [0.2, 0.25) is 0 Å². The van der Waals surface area contributed by atoms with Gasteiger partial charge in [-0.2, -0.15) is 0 Å². The number of alkyl halides is 1. The summed E-state index contributed by atoms with van der Waals surface area (Å²) in [6.45, 7) is 2.59. The van der Waals surface area contributed by atoms with Crippen molar-refractivity contribution in [2.45, 2.75) is 12.5 Å². The van der Waals surface area contributed by atoms with Gasteiger partial charge in [0.15, 0.2) is 6.79 Å². The fourth-order valence-corrected chi connectivity index (χ4v) is 3.98. The molecule has 0 fully saturated rings. The van der Waals surface area contributed by atoms with Crippen LogP contribution in [-0.4, -0.2) is 44.6 Å². The van der Waals surface area contributed by atoms with Crippen LogP contribution in [0.25, 0.3) is 0 Å². The van der Waals surface area contributed by atoms with Crippen molar-refractivity contribution in [2.24, 2.45) is 0 Å². The third-order valence-corrected chi connectivity index (χ3v) is 5.63. The van der Waals surface area contributed by atoms with Crippen molar-refractivity contribution in [3.05, 3.63) is 77.9 Å². The van der Waals surface area contributed by atoms with E-state index in [1.54, 1.807) is 19.2 Å². The van der Waals surface area contributed by atoms with Gasteiger partial charge in [0.1, 0.15) is 29.6 Å². The lowest BCUT2D eigenvalue weighted by Gasteiger charge is -2.27. The van der Waals surface area contributed by atoms with Crippen LogP contribution in [0.5, 0.6) is 23.0 Å². The fourth-order valence-electron chi connectivity index (χ4n) is 3.90. The normalized spacial score (nSPS) is 15.3. The van der Waals surface area contributed by atoms with Gasteiger partial charge in [0.05, 0.1) is 18.2 Å². The van der Waals surface area contributed by atoms with E-state index in [2.05, 4.69) is 11.0 Å². The third kappa shape index (κ3) is 6.03. The molecule has 7 heteroatoms. The molecule has 1 aliphatic heterocycles. The highest BCUT2D eigenvalue weighted by Crippen LogP contribution is 2.38. The van der Waals surface area contributed by atoms with Crippen LogP contribution in [-0.2, 0) is 11.3 Å². The summed E-state index contributed by atoms with van der Waals surface area (Å²) in [7, 11) is 1.59. The number of aromatic hydroxyl groups is 1. The van der Waals surface area contributed by atoms with E-state index in [4.69, 9.17) is 30.5 Å². The third-order valence-electron chi connectivity index (χ3n) is 5.48. The van der Waals surface area contributed by atoms with Crippen LogP contribution in [0.3, 0.4) is 0 Å². The molecule has 3 aromatic carbocycles. The maximum absolute atomic E-state index is 9.70. The van der Waals surface area contributed by atoms with Crippen LogP contribution in [0, 0.1) is 0 Å². The molecule has 1 N–H and O–H groups in total. The molecule has 4 rings (SSSR count). The summed E-state index contributed by atoms with van der Waals surface area (Å²) in [5.41, 5.74) is 3.23. The SMILES string of the molecule is COCOc1ccc2c(c1)OCC(c1ccc(O)cc1)CN2Cc1cccc(OCCCl)c1. The molecule has 0 radical (unpaired) electrons. The summed E-state index contributed by atoms with van der Waals surface area (Å²) in [6, 6.07) is 21.2. The molecular formula is C26H28ClNO5. The quantitative estimate of drug-likeness (QED) is 0.344. The Labute approximate surface area is 199 Å². The first-order chi connectivity index (χ1) is 16.2. The minimum atomic E-state index is 0.122. The molecular weight excluding hydrogens is 442 g/mol. The second-order valence-corrected chi connectivity index (χ2v) is 8.22. The molecule has 3 aromatic rings. The number of ether oxygens (including phenoxy) is 4. The van der Waals surface area contributed by atoms with Gasteiger partial charge in [-0.1, -0.05) is 24.3 Å². The Bertz CT molecular complexity index is 1040. The molecule has 1 atom stereocenters. The lowest BCUT2D eigenvalue weighted by molar-refractivity contribution is 0.0509. The number of benzene rings is 3. The first kappa shape index (κ1) is 23.1. The van der Waals surface area contributed by atoms with Crippen molar-refractivity contribution >= 4 is 17.3 Å². The number of nitrogens with zero attached hydrogens (tertiary/aromatic N) is 1. The van der Waals surface area contributed by atoms with Crippen molar-refractivity contribution < 1.29 is 24.1 Å². The molecule has 0 bridgehead atoms. The maximum Gasteiger partial charge on any atom is 0.188 e. The zero-order chi connectivity index (χ0) is 23.0. The Hall–Kier alpha value is -3.09. The Morgan fingerprint density at radius 3 is 2.64 bits per heavy atom. The Morgan fingerprint density at radius 1 is 1.03 bits per heavy atom. The highest BCUT2D eigenvalue weighted by Gasteiger charge is 2.25. The Kier molecular flexibility index (Phi) is 7.81. The highest BCUT2D eigenvalue weighted by atomic mass is 35.5. The predicted octanol–water partition coefficient (Wildman–Crippen LogP) is 5.18. The second-order valence-electron chi connectivity index (χ2n) is 7.85. The van der Waals surface area contributed by atoms with E-state index < -0.39 is 0 Å². The minimum Gasteiger partial charge on any atom is -0.508 e. The number of hydrogen-bond donors (Lipinski definition) is 1. The summed E-state index contributed by atoms with van der Waals surface area (Å²) in [5.74, 6) is 3.08. The number of methoxy groups -OCH3 is 1. The Balaban J connectivity index is 1.63. The summed E-state index contributed by atoms with van der Waals surface area (Å²) >= 11 is 5.77. The van der Waals surface area contributed by atoms with Crippen LogP contribution in [0.15, 0.2) is 66.7 Å². The van der Waals surface area contributed by atoms with E-state index in [1.165, 1.54) is 0 Å². The topological polar surface area (TPSA) is 60.4 Å². The van der Waals surface area contributed by atoms with E-state index in [9.17, 15) is 5.11 Å². The number of halogens is 1. The average Bonchev–Trinajstić information content (AvgIpc) is 3.01. The van der Waals surface area contributed by atoms with Gasteiger partial charge in [0.25, 0.3) is 0 Å². The number of hydrogen-bond acceptors (Lipinski definition) is 6. The highest BCUT2D eigenvalue weighted by molar-refractivity contribution is 6.18. The fraction of sp³-hybridized carbons (Fsp3) is 0.308. The van der Waals surface area contributed by atoms with Gasteiger partial charge in [-0.25, -0.2) is 0 Å². The number of phenols is 1. The summed E-state index contributed by atoms with van der Waals surface area (Å²) in [6.07, 6.45) is 0. The maximum atomic E-state index is 9.70. The van der Waals surface area contributed by atoms with E-state index in [0.717, 1.165) is 34.9 Å². The number of fused-ring (bicyclic) bond motifs is 1. The Morgan fingerprint density at radius 2 is 1.85 bits per heavy atom. The summed E-state index contributed by atoms with van der Waals surface area (Å²) in [5, 5.41) is 9.70. The molecule has 1 heterocycles. The van der Waals surface area contributed by atoms with Crippen molar-refractivity contribution in [1.82, 2.24) is 0 Å². The second kappa shape index (κ2) is 11.2. The van der Waals surface area contributed by atoms with Gasteiger partial charge < -0.3 is 29.0 Å². The van der Waals surface area contributed by atoms with Gasteiger partial charge in [-0.15, -0.1) is 11.6 Å². The molecule has 33 heavy (non-hydrogen) atoms. The smallest absolute Gasteiger partial charge is 0.188 e. The lowest BCUT2D eigenvalue weighted by atomic mass is 9.99. The number of anilines is 1. The van der Waals surface area contributed by atoms with Crippen molar-refractivity contribution in [1.29, 1.82) is 0 Å². The molecule has 0 amide bonds.